The van der Waals surface area contributed by atoms with Crippen LogP contribution < -0.4 is 0 Å². The van der Waals surface area contributed by atoms with Gasteiger partial charge >= 0.3 is 0 Å². The highest BCUT2D eigenvalue weighted by Gasteiger charge is 2.36. The van der Waals surface area contributed by atoms with Gasteiger partial charge in [0.1, 0.15) is 16.5 Å². The second-order valence-electron chi connectivity index (χ2n) is 6.94. The lowest BCUT2D eigenvalue weighted by atomic mass is 9.96. The molecule has 2 aliphatic rings. The lowest BCUT2D eigenvalue weighted by molar-refractivity contribution is -0.136. The molecule has 2 heterocycles. The van der Waals surface area contributed by atoms with E-state index >= 15 is 0 Å². The molecule has 9 heteroatoms. The maximum absolute atomic E-state index is 13.9. The molecule has 2 fully saturated rings. The zero-order valence-electron chi connectivity index (χ0n) is 15.2. The van der Waals surface area contributed by atoms with Crippen LogP contribution in [0.3, 0.4) is 0 Å². The Bertz CT molecular complexity index is 796. The van der Waals surface area contributed by atoms with Crippen molar-refractivity contribution in [3.05, 3.63) is 29.8 Å². The fourth-order valence-corrected chi connectivity index (χ4v) is 6.31. The number of piperidine rings is 1. The molecule has 1 atom stereocenters. The summed E-state index contributed by atoms with van der Waals surface area (Å²) in [5, 5.41) is 0.458. The molecule has 0 spiro atoms. The van der Waals surface area contributed by atoms with Crippen molar-refractivity contribution >= 4 is 27.7 Å². The molecule has 5 nitrogen and oxygen atoms in total. The van der Waals surface area contributed by atoms with Gasteiger partial charge in [-0.2, -0.15) is 16.1 Å². The highest BCUT2D eigenvalue weighted by Crippen LogP contribution is 2.28. The minimum Gasteiger partial charge on any atom is -0.341 e. The molecule has 150 valence electrons. The molecule has 0 saturated carbocycles. The number of hydrogen-bond donors (Lipinski definition) is 0. The summed E-state index contributed by atoms with van der Waals surface area (Å²) in [6, 6.07) is 2.41. The zero-order valence-corrected chi connectivity index (χ0v) is 16.9. The Morgan fingerprint density at radius 2 is 1.93 bits per heavy atom. The van der Waals surface area contributed by atoms with Crippen LogP contribution in [0.5, 0.6) is 0 Å². The van der Waals surface area contributed by atoms with Crippen molar-refractivity contribution in [3.8, 4) is 0 Å². The molecule has 1 amide bonds. The first-order chi connectivity index (χ1) is 12.8. The first-order valence-electron chi connectivity index (χ1n) is 9.18. The largest absolute Gasteiger partial charge is 0.341 e. The number of nitrogens with zero attached hydrogens (tertiary/aromatic N) is 2. The Labute approximate surface area is 163 Å². The van der Waals surface area contributed by atoms with Gasteiger partial charge in [0.25, 0.3) is 0 Å². The molecular formula is C18H24F2N2O3S2. The van der Waals surface area contributed by atoms with E-state index in [1.54, 1.807) is 0 Å². The number of rotatable bonds is 4. The molecule has 0 N–H and O–H groups in total. The maximum atomic E-state index is 13.9. The molecule has 3 rings (SSSR count). The topological polar surface area (TPSA) is 57.7 Å². The van der Waals surface area contributed by atoms with E-state index in [2.05, 4.69) is 6.92 Å². The molecule has 1 aromatic carbocycles. The van der Waals surface area contributed by atoms with Gasteiger partial charge in [-0.15, -0.1) is 0 Å². The normalized spacial score (nSPS) is 22.8. The molecule has 27 heavy (non-hydrogen) atoms. The fourth-order valence-electron chi connectivity index (χ4n) is 3.58. The number of thioether (sulfide) groups is 1. The second-order valence-corrected chi connectivity index (χ2v) is 10.3. The van der Waals surface area contributed by atoms with Gasteiger partial charge in [0.2, 0.25) is 15.9 Å². The first-order valence-corrected chi connectivity index (χ1v) is 11.7. The van der Waals surface area contributed by atoms with Gasteiger partial charge in [0, 0.05) is 43.1 Å². The standard InChI is InChI=1S/C18H24F2N2O3S2/c1-2-15-12-21(9-10-26-15)18(23)13-5-7-22(8-6-13)27(24,25)17-11-14(19)3-4-16(17)20/h3-4,11,13,15H,2,5-10,12H2,1H3/t15-/m1/s1. The quantitative estimate of drug-likeness (QED) is 0.755. The second kappa shape index (κ2) is 8.45. The first kappa shape index (κ1) is 20.5. The summed E-state index contributed by atoms with van der Waals surface area (Å²) in [7, 11) is -4.11. The van der Waals surface area contributed by atoms with E-state index in [0.717, 1.165) is 41.7 Å². The number of benzene rings is 1. The minimum absolute atomic E-state index is 0.0859. The van der Waals surface area contributed by atoms with E-state index in [0.29, 0.717) is 24.2 Å². The van der Waals surface area contributed by atoms with Crippen molar-refractivity contribution in [1.82, 2.24) is 9.21 Å². The third kappa shape index (κ3) is 4.46. The van der Waals surface area contributed by atoms with E-state index in [4.69, 9.17) is 0 Å². The Morgan fingerprint density at radius 1 is 1.22 bits per heavy atom. The van der Waals surface area contributed by atoms with Gasteiger partial charge in [-0.3, -0.25) is 4.79 Å². The van der Waals surface area contributed by atoms with E-state index in [9.17, 15) is 22.0 Å². The number of carbonyl (C=O) groups is 1. The van der Waals surface area contributed by atoms with Gasteiger partial charge in [-0.25, -0.2) is 17.2 Å². The summed E-state index contributed by atoms with van der Waals surface area (Å²) in [5.41, 5.74) is 0. The van der Waals surface area contributed by atoms with Crippen LogP contribution in [0.1, 0.15) is 26.2 Å². The summed E-state index contributed by atoms with van der Waals surface area (Å²) >= 11 is 1.89. The van der Waals surface area contributed by atoms with Crippen molar-refractivity contribution in [3.63, 3.8) is 0 Å². The zero-order chi connectivity index (χ0) is 19.6. The number of hydrogen-bond acceptors (Lipinski definition) is 4. The van der Waals surface area contributed by atoms with Gasteiger partial charge in [0.15, 0.2) is 0 Å². The smallest absolute Gasteiger partial charge is 0.246 e. The van der Waals surface area contributed by atoms with Crippen LogP contribution in [0.25, 0.3) is 0 Å². The molecule has 0 aliphatic carbocycles. The van der Waals surface area contributed by atoms with Crippen LogP contribution in [0.2, 0.25) is 0 Å². The lowest BCUT2D eigenvalue weighted by Crippen LogP contribution is -2.48. The summed E-state index contributed by atoms with van der Waals surface area (Å²) in [5.74, 6) is -0.965. The van der Waals surface area contributed by atoms with Crippen LogP contribution in [0.4, 0.5) is 8.78 Å². The molecular weight excluding hydrogens is 394 g/mol. The van der Waals surface area contributed by atoms with Gasteiger partial charge < -0.3 is 4.90 Å². The van der Waals surface area contributed by atoms with E-state index < -0.39 is 26.6 Å². The predicted octanol–water partition coefficient (Wildman–Crippen LogP) is 2.72. The van der Waals surface area contributed by atoms with Gasteiger partial charge in [-0.05, 0) is 37.5 Å². The molecule has 1 aromatic rings. The Kier molecular flexibility index (Phi) is 6.43. The minimum atomic E-state index is -4.11. The highest BCUT2D eigenvalue weighted by atomic mass is 32.2. The average Bonchev–Trinajstić information content (AvgIpc) is 2.69. The van der Waals surface area contributed by atoms with Gasteiger partial charge in [0.05, 0.1) is 0 Å². The average molecular weight is 419 g/mol. The van der Waals surface area contributed by atoms with Crippen LogP contribution in [0, 0.1) is 17.6 Å². The Balaban J connectivity index is 1.64. The monoisotopic (exact) mass is 418 g/mol. The Morgan fingerprint density at radius 3 is 2.59 bits per heavy atom. The van der Waals surface area contributed by atoms with E-state index in [1.807, 2.05) is 16.7 Å². The summed E-state index contributed by atoms with van der Waals surface area (Å²) in [6.07, 6.45) is 1.81. The van der Waals surface area contributed by atoms with Crippen molar-refractivity contribution in [2.75, 3.05) is 31.9 Å². The van der Waals surface area contributed by atoms with E-state index in [-0.39, 0.29) is 24.9 Å². The fraction of sp³-hybridized carbons (Fsp3) is 0.611. The van der Waals surface area contributed by atoms with Crippen molar-refractivity contribution in [2.45, 2.75) is 36.3 Å². The molecule has 0 unspecified atom stereocenters. The summed E-state index contributed by atoms with van der Waals surface area (Å²) < 4.78 is 53.7. The van der Waals surface area contributed by atoms with Crippen LogP contribution in [-0.4, -0.2) is 60.7 Å². The SMILES string of the molecule is CC[C@@H]1CN(C(=O)C2CCN(S(=O)(=O)c3cc(F)ccc3F)CC2)CCS1. The third-order valence-electron chi connectivity index (χ3n) is 5.22. The van der Waals surface area contributed by atoms with Crippen molar-refractivity contribution in [2.24, 2.45) is 5.92 Å². The number of carbonyl (C=O) groups excluding carboxylic acids is 1. The molecule has 0 aromatic heterocycles. The van der Waals surface area contributed by atoms with Crippen molar-refractivity contribution in [1.29, 1.82) is 0 Å². The molecule has 2 saturated heterocycles. The van der Waals surface area contributed by atoms with Crippen LogP contribution in [-0.2, 0) is 14.8 Å². The molecule has 0 radical (unpaired) electrons. The van der Waals surface area contributed by atoms with Crippen LogP contribution >= 0.6 is 11.8 Å². The summed E-state index contributed by atoms with van der Waals surface area (Å²) in [6.45, 7) is 3.85. The maximum Gasteiger partial charge on any atom is 0.246 e. The summed E-state index contributed by atoms with van der Waals surface area (Å²) in [4.78, 5) is 14.0. The predicted molar refractivity (Wildman–Crippen MR) is 101 cm³/mol. The number of sulfonamides is 1. The molecule has 0 bridgehead atoms. The third-order valence-corrected chi connectivity index (χ3v) is 8.51. The molecule has 2 aliphatic heterocycles. The Hall–Kier alpha value is -1.19. The highest BCUT2D eigenvalue weighted by molar-refractivity contribution is 8.00. The van der Waals surface area contributed by atoms with Crippen molar-refractivity contribution < 1.29 is 22.0 Å². The number of halogens is 2. The number of amides is 1. The van der Waals surface area contributed by atoms with Gasteiger partial charge in [-0.1, -0.05) is 6.92 Å². The van der Waals surface area contributed by atoms with E-state index in [1.165, 1.54) is 0 Å². The lowest BCUT2D eigenvalue weighted by Gasteiger charge is -2.37. The van der Waals surface area contributed by atoms with Crippen LogP contribution in [0.15, 0.2) is 23.1 Å².